The zero-order valence-corrected chi connectivity index (χ0v) is 22.9. The van der Waals surface area contributed by atoms with Gasteiger partial charge in [-0.05, 0) is 50.8 Å². The number of ether oxygens (including phenoxy) is 1. The maximum Gasteiger partial charge on any atom is 0.296 e. The fourth-order valence-electron chi connectivity index (χ4n) is 5.71. The van der Waals surface area contributed by atoms with Crippen molar-refractivity contribution in [1.29, 1.82) is 0 Å². The molecule has 1 saturated carbocycles. The number of hydrogen-bond acceptors (Lipinski definition) is 9. The topological polar surface area (TPSA) is 113 Å². The second kappa shape index (κ2) is 11.9. The monoisotopic (exact) mass is 564 g/mol. The number of nitrogens with zero attached hydrogens (tertiary/aromatic N) is 6. The van der Waals surface area contributed by atoms with Crippen LogP contribution in [-0.4, -0.2) is 68.0 Å². The van der Waals surface area contributed by atoms with Crippen LogP contribution in [0.2, 0.25) is 0 Å². The number of aromatic hydroxyl groups is 1. The van der Waals surface area contributed by atoms with E-state index in [1.54, 1.807) is 30.3 Å². The molecule has 3 heterocycles. The van der Waals surface area contributed by atoms with Crippen molar-refractivity contribution >= 4 is 22.9 Å². The van der Waals surface area contributed by atoms with E-state index in [0.29, 0.717) is 61.0 Å². The van der Waals surface area contributed by atoms with Crippen LogP contribution in [0.15, 0.2) is 48.5 Å². The lowest BCUT2D eigenvalue weighted by Gasteiger charge is -2.32. The summed E-state index contributed by atoms with van der Waals surface area (Å²) in [6.45, 7) is 4.33. The molecule has 6 rings (SSSR count). The average molecular weight is 565 g/mol. The van der Waals surface area contributed by atoms with Gasteiger partial charge in [-0.25, -0.2) is 13.8 Å². The van der Waals surface area contributed by atoms with Crippen molar-refractivity contribution < 1.29 is 18.6 Å². The molecule has 4 aromatic rings. The Morgan fingerprint density at radius 2 is 1.56 bits per heavy atom. The largest absolute Gasteiger partial charge is 0.508 e. The number of fused-ring (bicyclic) bond motifs is 1. The van der Waals surface area contributed by atoms with Gasteiger partial charge < -0.3 is 25.4 Å². The molecule has 0 spiro atoms. The van der Waals surface area contributed by atoms with Crippen molar-refractivity contribution in [1.82, 2.24) is 29.8 Å². The highest BCUT2D eigenvalue weighted by Crippen LogP contribution is 2.30. The maximum absolute atomic E-state index is 14.1. The van der Waals surface area contributed by atoms with Crippen LogP contribution in [0.5, 0.6) is 5.75 Å². The molecule has 41 heavy (non-hydrogen) atoms. The Kier molecular flexibility index (Phi) is 7.93. The molecule has 2 aromatic carbocycles. The number of imidazole rings is 1. The van der Waals surface area contributed by atoms with Crippen molar-refractivity contribution in [3.8, 4) is 11.7 Å². The predicted molar refractivity (Wildman–Crippen MR) is 152 cm³/mol. The second-order valence-corrected chi connectivity index (χ2v) is 10.6. The first-order chi connectivity index (χ1) is 20.0. The van der Waals surface area contributed by atoms with Gasteiger partial charge in [-0.1, -0.05) is 30.3 Å². The summed E-state index contributed by atoms with van der Waals surface area (Å²) in [5.41, 5.74) is 1.85. The number of hydrogen-bond donors (Lipinski definition) is 3. The highest BCUT2D eigenvalue weighted by atomic mass is 19.3. The number of phenolic OH excluding ortho intramolecular Hbond substituents is 1. The minimum atomic E-state index is -2.80. The number of halogens is 2. The lowest BCUT2D eigenvalue weighted by molar-refractivity contribution is 0.122. The maximum atomic E-state index is 14.1. The molecule has 1 unspecified atom stereocenters. The Labute approximate surface area is 236 Å². The number of benzene rings is 2. The molecule has 2 aliphatic rings. The lowest BCUT2D eigenvalue weighted by atomic mass is 9.90. The first-order valence-corrected chi connectivity index (χ1v) is 14.1. The number of aromatic nitrogens is 5. The minimum absolute atomic E-state index is 0.0295. The standard InChI is InChI=1S/C29H34F2N8O2/c1-18(21-6-2-5-9-24(21)40)32-19-10-12-20(13-11-19)33-27-35-28(38-14-16-41-17-15-38)37-29(36-27)39-23-8-4-3-7-22(23)34-26(39)25(30)31/h2-9,18-20,25,32,40H,10-17H2,1H3,(H,33,35,36,37). The highest BCUT2D eigenvalue weighted by Gasteiger charge is 2.27. The average Bonchev–Trinajstić information content (AvgIpc) is 3.39. The molecule has 1 atom stereocenters. The third-order valence-corrected chi connectivity index (χ3v) is 7.84. The SMILES string of the molecule is CC(NC1CCC(Nc2nc(N3CCOCC3)nc(-n3c(C(F)F)nc4ccccc43)n2)CC1)c1ccccc1O. The summed E-state index contributed by atoms with van der Waals surface area (Å²) in [6, 6.07) is 14.9. The molecule has 3 N–H and O–H groups in total. The molecule has 0 amide bonds. The number of morpholine rings is 1. The molecule has 0 bridgehead atoms. The van der Waals surface area contributed by atoms with Gasteiger partial charge in [0, 0.05) is 36.8 Å². The summed E-state index contributed by atoms with van der Waals surface area (Å²) in [7, 11) is 0. The van der Waals surface area contributed by atoms with Crippen molar-refractivity contribution in [3.63, 3.8) is 0 Å². The fraction of sp³-hybridized carbons (Fsp3) is 0.448. The van der Waals surface area contributed by atoms with Crippen LogP contribution >= 0.6 is 0 Å². The van der Waals surface area contributed by atoms with Gasteiger partial charge in [-0.3, -0.25) is 4.57 Å². The molecule has 1 aliphatic heterocycles. The van der Waals surface area contributed by atoms with Gasteiger partial charge in [0.1, 0.15) is 5.75 Å². The summed E-state index contributed by atoms with van der Waals surface area (Å²) in [4.78, 5) is 20.1. The van der Waals surface area contributed by atoms with Gasteiger partial charge in [0.25, 0.3) is 6.43 Å². The van der Waals surface area contributed by atoms with Crippen LogP contribution in [0.4, 0.5) is 20.7 Å². The molecule has 216 valence electrons. The zero-order chi connectivity index (χ0) is 28.3. The van der Waals surface area contributed by atoms with Crippen LogP contribution in [0.25, 0.3) is 17.0 Å². The van der Waals surface area contributed by atoms with Gasteiger partial charge >= 0.3 is 0 Å². The lowest BCUT2D eigenvalue weighted by Crippen LogP contribution is -2.39. The van der Waals surface area contributed by atoms with E-state index in [2.05, 4.69) is 32.5 Å². The van der Waals surface area contributed by atoms with Crippen molar-refractivity contribution in [2.24, 2.45) is 0 Å². The Morgan fingerprint density at radius 3 is 2.32 bits per heavy atom. The third-order valence-electron chi connectivity index (χ3n) is 7.84. The van der Waals surface area contributed by atoms with E-state index in [4.69, 9.17) is 9.72 Å². The van der Waals surface area contributed by atoms with E-state index in [1.807, 2.05) is 23.1 Å². The number of anilines is 2. The number of nitrogens with one attached hydrogen (secondary N) is 2. The van der Waals surface area contributed by atoms with E-state index in [0.717, 1.165) is 31.2 Å². The Balaban J connectivity index is 1.23. The Hall–Kier alpha value is -3.90. The number of para-hydroxylation sites is 3. The zero-order valence-electron chi connectivity index (χ0n) is 22.9. The quantitative estimate of drug-likeness (QED) is 0.279. The molecule has 12 heteroatoms. The highest BCUT2D eigenvalue weighted by molar-refractivity contribution is 5.77. The van der Waals surface area contributed by atoms with E-state index in [-0.39, 0.29) is 18.0 Å². The first kappa shape index (κ1) is 27.3. The van der Waals surface area contributed by atoms with Crippen molar-refractivity contribution in [3.05, 3.63) is 59.9 Å². The molecule has 2 aromatic heterocycles. The van der Waals surface area contributed by atoms with Crippen LogP contribution < -0.4 is 15.5 Å². The van der Waals surface area contributed by atoms with Gasteiger partial charge in [0.15, 0.2) is 5.82 Å². The van der Waals surface area contributed by atoms with Crippen molar-refractivity contribution in [2.45, 2.75) is 57.2 Å². The van der Waals surface area contributed by atoms with Crippen molar-refractivity contribution in [2.75, 3.05) is 36.5 Å². The van der Waals surface area contributed by atoms with E-state index in [1.165, 1.54) is 4.57 Å². The second-order valence-electron chi connectivity index (χ2n) is 10.6. The van der Waals surface area contributed by atoms with E-state index in [9.17, 15) is 13.9 Å². The molecule has 0 radical (unpaired) electrons. The van der Waals surface area contributed by atoms with Gasteiger partial charge in [-0.2, -0.15) is 15.0 Å². The summed E-state index contributed by atoms with van der Waals surface area (Å²) in [5, 5.41) is 17.3. The van der Waals surface area contributed by atoms with Crippen LogP contribution in [0.1, 0.15) is 56.5 Å². The Bertz CT molecular complexity index is 1480. The van der Waals surface area contributed by atoms with Gasteiger partial charge in [-0.15, -0.1) is 0 Å². The summed E-state index contributed by atoms with van der Waals surface area (Å²) in [6.07, 6.45) is 0.840. The molecule has 2 fully saturated rings. The van der Waals surface area contributed by atoms with E-state index >= 15 is 0 Å². The number of rotatable bonds is 8. The van der Waals surface area contributed by atoms with Crippen LogP contribution in [0, 0.1) is 0 Å². The summed E-state index contributed by atoms with van der Waals surface area (Å²) >= 11 is 0. The molecule has 1 aliphatic carbocycles. The third kappa shape index (κ3) is 5.94. The molecule has 1 saturated heterocycles. The smallest absolute Gasteiger partial charge is 0.296 e. The number of alkyl halides is 2. The number of phenols is 1. The normalized spacial score (nSPS) is 20.4. The predicted octanol–water partition coefficient (Wildman–Crippen LogP) is 4.76. The Morgan fingerprint density at radius 1 is 0.878 bits per heavy atom. The van der Waals surface area contributed by atoms with Gasteiger partial charge in [0.05, 0.1) is 24.2 Å². The molecular weight excluding hydrogens is 530 g/mol. The first-order valence-electron chi connectivity index (χ1n) is 14.1. The van der Waals surface area contributed by atoms with Crippen LogP contribution in [-0.2, 0) is 4.74 Å². The van der Waals surface area contributed by atoms with Gasteiger partial charge in [0.2, 0.25) is 17.8 Å². The minimum Gasteiger partial charge on any atom is -0.508 e. The van der Waals surface area contributed by atoms with E-state index < -0.39 is 12.2 Å². The van der Waals surface area contributed by atoms with Crippen LogP contribution in [0.3, 0.4) is 0 Å². The molecule has 10 nitrogen and oxygen atoms in total. The molecular formula is C29H34F2N8O2. The summed E-state index contributed by atoms with van der Waals surface area (Å²) in [5.74, 6) is 0.783. The fourth-order valence-corrected chi connectivity index (χ4v) is 5.71. The summed E-state index contributed by atoms with van der Waals surface area (Å²) < 4.78 is 35.1.